The second-order valence-corrected chi connectivity index (χ2v) is 6.94. The van der Waals surface area contributed by atoms with Crippen molar-refractivity contribution in [3.05, 3.63) is 41.7 Å². The summed E-state index contributed by atoms with van der Waals surface area (Å²) in [5.74, 6) is -1.24. The van der Waals surface area contributed by atoms with E-state index in [1.165, 1.54) is 36.1 Å². The molecule has 0 saturated heterocycles. The van der Waals surface area contributed by atoms with Crippen molar-refractivity contribution < 1.29 is 32.6 Å². The summed E-state index contributed by atoms with van der Waals surface area (Å²) in [6.07, 6.45) is -3.24. The average Bonchev–Trinajstić information content (AvgIpc) is 3.07. The van der Waals surface area contributed by atoms with Crippen molar-refractivity contribution in [2.45, 2.75) is 24.5 Å². The Bertz CT molecular complexity index is 873. The van der Waals surface area contributed by atoms with Crippen molar-refractivity contribution in [2.24, 2.45) is 0 Å². The van der Waals surface area contributed by atoms with Crippen LogP contribution in [-0.4, -0.2) is 52.5 Å². The van der Waals surface area contributed by atoms with Gasteiger partial charge in [-0.25, -0.2) is 4.98 Å². The molecule has 0 aliphatic carbocycles. The highest BCUT2D eigenvalue weighted by Crippen LogP contribution is 2.34. The van der Waals surface area contributed by atoms with E-state index in [-0.39, 0.29) is 35.7 Å². The summed E-state index contributed by atoms with van der Waals surface area (Å²) in [6, 6.07) is 4.67. The third-order valence-electron chi connectivity index (χ3n) is 3.83. The van der Waals surface area contributed by atoms with Crippen LogP contribution in [0.15, 0.2) is 35.6 Å². The van der Waals surface area contributed by atoms with E-state index in [0.29, 0.717) is 18.8 Å². The van der Waals surface area contributed by atoms with Gasteiger partial charge in [-0.1, -0.05) is 23.9 Å². The van der Waals surface area contributed by atoms with E-state index in [4.69, 9.17) is 4.74 Å². The first-order valence-corrected chi connectivity index (χ1v) is 9.74. The number of benzene rings is 1. The molecular weight excluding hydrogens is 425 g/mol. The van der Waals surface area contributed by atoms with Gasteiger partial charge in [0, 0.05) is 13.7 Å². The lowest BCUT2D eigenvalue weighted by Crippen LogP contribution is -2.31. The highest BCUT2D eigenvalue weighted by Gasteiger charge is 2.33. The van der Waals surface area contributed by atoms with E-state index < -0.39 is 17.6 Å². The van der Waals surface area contributed by atoms with Crippen LogP contribution in [0.5, 0.6) is 0 Å². The summed E-state index contributed by atoms with van der Waals surface area (Å²) in [5.41, 5.74) is -0.921. The van der Waals surface area contributed by atoms with Crippen molar-refractivity contribution in [3.8, 4) is 0 Å². The number of ether oxygens (including phenoxy) is 1. The number of amides is 2. The number of aliphatic hydroxyl groups is 1. The van der Waals surface area contributed by atoms with Gasteiger partial charge in [0.25, 0.3) is 0 Å². The normalized spacial score (nSPS) is 11.4. The molecule has 0 bridgehead atoms. The van der Waals surface area contributed by atoms with Crippen LogP contribution in [-0.2, 0) is 33.7 Å². The van der Waals surface area contributed by atoms with Gasteiger partial charge >= 0.3 is 6.18 Å². The number of nitrogens with zero attached hydrogens (tertiary/aromatic N) is 2. The lowest BCUT2D eigenvalue weighted by molar-refractivity contribution is -0.137. The Balaban J connectivity index is 2.02. The topological polar surface area (TPSA) is 105 Å². The summed E-state index contributed by atoms with van der Waals surface area (Å²) >= 11 is 0.937. The summed E-state index contributed by atoms with van der Waals surface area (Å²) in [6.45, 7) is 0.135. The van der Waals surface area contributed by atoms with Crippen molar-refractivity contribution >= 4 is 29.3 Å². The molecule has 1 aromatic heterocycles. The van der Waals surface area contributed by atoms with Crippen molar-refractivity contribution in [1.82, 2.24) is 14.9 Å². The number of rotatable bonds is 10. The van der Waals surface area contributed by atoms with E-state index in [1.54, 1.807) is 0 Å². The molecule has 2 rings (SSSR count). The number of imidazole rings is 1. The zero-order valence-electron chi connectivity index (χ0n) is 16.0. The van der Waals surface area contributed by atoms with Crippen molar-refractivity contribution in [3.63, 3.8) is 0 Å². The van der Waals surface area contributed by atoms with Gasteiger partial charge in [0.05, 0.1) is 42.1 Å². The number of alkyl halides is 3. The second-order valence-electron chi connectivity index (χ2n) is 6.00. The molecule has 0 saturated carbocycles. The summed E-state index contributed by atoms with van der Waals surface area (Å²) < 4.78 is 45.4. The molecule has 12 heteroatoms. The smallest absolute Gasteiger partial charge is 0.390 e. The van der Waals surface area contributed by atoms with E-state index in [1.807, 2.05) is 0 Å². The molecular formula is C18H21F3N4O4S. The maximum Gasteiger partial charge on any atom is 0.418 e. The van der Waals surface area contributed by atoms with Gasteiger partial charge in [-0.15, -0.1) is 0 Å². The molecule has 2 amide bonds. The van der Waals surface area contributed by atoms with Crippen LogP contribution in [0.3, 0.4) is 0 Å². The van der Waals surface area contributed by atoms with E-state index >= 15 is 0 Å². The van der Waals surface area contributed by atoms with Crippen molar-refractivity contribution in [1.29, 1.82) is 0 Å². The molecule has 1 aromatic carbocycles. The minimum absolute atomic E-state index is 0.138. The number of para-hydroxylation sites is 1. The number of thioether (sulfide) groups is 1. The van der Waals surface area contributed by atoms with Gasteiger partial charge in [-0.3, -0.25) is 9.59 Å². The number of aliphatic hydroxyl groups excluding tert-OH is 1. The predicted octanol–water partition coefficient (Wildman–Crippen LogP) is 1.89. The van der Waals surface area contributed by atoms with Gasteiger partial charge in [0.1, 0.15) is 6.54 Å². The van der Waals surface area contributed by atoms with Crippen LogP contribution in [0.2, 0.25) is 0 Å². The zero-order chi connectivity index (χ0) is 22.1. The third-order valence-corrected chi connectivity index (χ3v) is 4.82. The van der Waals surface area contributed by atoms with Gasteiger partial charge in [-0.05, 0) is 12.1 Å². The molecule has 0 aliphatic rings. The van der Waals surface area contributed by atoms with Crippen LogP contribution < -0.4 is 10.6 Å². The fourth-order valence-electron chi connectivity index (χ4n) is 2.45. The minimum atomic E-state index is -4.60. The maximum atomic E-state index is 13.0. The lowest BCUT2D eigenvalue weighted by Gasteiger charge is -2.14. The average molecular weight is 446 g/mol. The minimum Gasteiger partial charge on any atom is -0.390 e. The first kappa shape index (κ1) is 23.7. The molecule has 8 nitrogen and oxygen atoms in total. The number of methoxy groups -OCH3 is 1. The molecule has 2 aromatic rings. The standard InChI is InChI=1S/C18H21F3N4O4S/c1-29-7-6-22-15(27)9-25-12(10-26)8-23-17(25)30-11-16(28)24-14-5-3-2-4-13(14)18(19,20)21/h2-5,8,26H,6-7,9-11H2,1H3,(H,22,27)(H,24,28). The number of hydrogen-bond acceptors (Lipinski definition) is 6. The molecule has 0 spiro atoms. The Morgan fingerprint density at radius 1 is 1.27 bits per heavy atom. The van der Waals surface area contributed by atoms with Crippen molar-refractivity contribution in [2.75, 3.05) is 31.3 Å². The zero-order valence-corrected chi connectivity index (χ0v) is 16.8. The van der Waals surface area contributed by atoms with E-state index in [9.17, 15) is 27.9 Å². The fraction of sp³-hybridized carbons (Fsp3) is 0.389. The van der Waals surface area contributed by atoms with Crippen LogP contribution in [0.4, 0.5) is 18.9 Å². The van der Waals surface area contributed by atoms with Crippen LogP contribution in [0.1, 0.15) is 11.3 Å². The Morgan fingerprint density at radius 2 is 2.00 bits per heavy atom. The highest BCUT2D eigenvalue weighted by atomic mass is 32.2. The molecule has 3 N–H and O–H groups in total. The SMILES string of the molecule is COCCNC(=O)Cn1c(CO)cnc1SCC(=O)Nc1ccccc1C(F)(F)F. The number of hydrogen-bond donors (Lipinski definition) is 3. The number of carbonyl (C=O) groups excluding carboxylic acids is 2. The first-order valence-electron chi connectivity index (χ1n) is 8.76. The van der Waals surface area contributed by atoms with Gasteiger partial charge < -0.3 is 25.0 Å². The van der Waals surface area contributed by atoms with Gasteiger partial charge in [-0.2, -0.15) is 13.2 Å². The summed E-state index contributed by atoms with van der Waals surface area (Å²) in [7, 11) is 1.50. The number of anilines is 1. The number of halogens is 3. The summed E-state index contributed by atoms with van der Waals surface area (Å²) in [4.78, 5) is 28.3. The maximum absolute atomic E-state index is 13.0. The molecule has 164 valence electrons. The molecule has 0 aliphatic heterocycles. The Labute approximate surface area is 174 Å². The van der Waals surface area contributed by atoms with Crippen LogP contribution in [0, 0.1) is 0 Å². The number of carbonyl (C=O) groups is 2. The molecule has 0 unspecified atom stereocenters. The number of nitrogens with one attached hydrogen (secondary N) is 2. The van der Waals surface area contributed by atoms with E-state index in [0.717, 1.165) is 17.8 Å². The van der Waals surface area contributed by atoms with Crippen LogP contribution in [0.25, 0.3) is 0 Å². The number of aromatic nitrogens is 2. The Morgan fingerprint density at radius 3 is 2.67 bits per heavy atom. The molecule has 30 heavy (non-hydrogen) atoms. The van der Waals surface area contributed by atoms with Gasteiger partial charge in [0.15, 0.2) is 5.16 Å². The third kappa shape index (κ3) is 6.75. The highest BCUT2D eigenvalue weighted by molar-refractivity contribution is 7.99. The Hall–Kier alpha value is -2.57. The molecule has 0 atom stereocenters. The Kier molecular flexibility index (Phi) is 8.69. The lowest BCUT2D eigenvalue weighted by atomic mass is 10.1. The van der Waals surface area contributed by atoms with Crippen LogP contribution >= 0.6 is 11.8 Å². The fourth-order valence-corrected chi connectivity index (χ4v) is 3.25. The summed E-state index contributed by atoms with van der Waals surface area (Å²) in [5, 5.41) is 14.6. The quantitative estimate of drug-likeness (QED) is 0.380. The first-order chi connectivity index (χ1) is 14.3. The second kappa shape index (κ2) is 11.0. The van der Waals surface area contributed by atoms with Gasteiger partial charge in [0.2, 0.25) is 11.8 Å². The molecule has 0 fully saturated rings. The van der Waals surface area contributed by atoms with E-state index in [2.05, 4.69) is 15.6 Å². The molecule has 1 heterocycles. The predicted molar refractivity (Wildman–Crippen MR) is 104 cm³/mol. The monoisotopic (exact) mass is 446 g/mol. The molecule has 0 radical (unpaired) electrons. The largest absolute Gasteiger partial charge is 0.418 e.